The van der Waals surface area contributed by atoms with Crippen LogP contribution in [-0.2, 0) is 5.92 Å². The maximum atomic E-state index is 16.0. The average Bonchev–Trinajstić information content (AvgIpc) is 3.26. The van der Waals surface area contributed by atoms with E-state index < -0.39 is 85.2 Å². The van der Waals surface area contributed by atoms with Gasteiger partial charge in [-0.25, -0.2) is 22.0 Å². The summed E-state index contributed by atoms with van der Waals surface area (Å²) in [6.07, 6.45) is 9.47. The van der Waals surface area contributed by atoms with Crippen LogP contribution in [0.3, 0.4) is 0 Å². The van der Waals surface area contributed by atoms with E-state index in [4.69, 9.17) is 4.43 Å². The predicted molar refractivity (Wildman–Crippen MR) is 174 cm³/mol. The lowest BCUT2D eigenvalue weighted by molar-refractivity contribution is 0.0425. The Morgan fingerprint density at radius 2 is 1.15 bits per heavy atom. The first-order valence-corrected chi connectivity index (χ1v) is 22.5. The highest BCUT2D eigenvalue weighted by molar-refractivity contribution is 6.78. The molecule has 0 aliphatic heterocycles. The molecule has 2 aromatic rings. The monoisotopic (exact) mass is 693 g/mol. The number of hydrogen-bond acceptors (Lipinski definition) is 1. The van der Waals surface area contributed by atoms with Crippen LogP contribution in [0.1, 0.15) is 110 Å². The maximum absolute atomic E-state index is 16.0. The second kappa shape index (κ2) is 16.0. The third-order valence-electron chi connectivity index (χ3n) is 10.4. The molecule has 0 saturated heterocycles. The van der Waals surface area contributed by atoms with E-state index in [2.05, 4.69) is 20.4 Å². The molecule has 259 valence electrons. The average molecular weight is 694 g/mol. The molecule has 1 radical (unpaired) electrons. The van der Waals surface area contributed by atoms with Crippen LogP contribution >= 0.6 is 0 Å². The Kier molecular flexibility index (Phi) is 13.4. The minimum Gasteiger partial charge on any atom is -0.539 e. The van der Waals surface area contributed by atoms with Crippen LogP contribution in [0, 0.1) is 41.0 Å². The Morgan fingerprint density at radius 1 is 0.652 bits per heavy atom. The zero-order chi connectivity index (χ0) is 34.4. The molecule has 1 aliphatic rings. The molecule has 0 aromatic heterocycles. The maximum Gasteiger partial charge on any atom is 0.303 e. The minimum absolute atomic E-state index is 0.193. The molecule has 46 heavy (non-hydrogen) atoms. The predicted octanol–water partition coefficient (Wildman–Crippen LogP) is 13.2. The van der Waals surface area contributed by atoms with E-state index in [1.165, 1.54) is 30.6 Å². The largest absolute Gasteiger partial charge is 0.539 e. The van der Waals surface area contributed by atoms with Gasteiger partial charge in [-0.05, 0) is 17.6 Å². The second-order valence-electron chi connectivity index (χ2n) is 13.7. The third kappa shape index (κ3) is 7.87. The molecule has 0 fully saturated rings. The summed E-state index contributed by atoms with van der Waals surface area (Å²) in [6, 6.07) is 6.27. The van der Waals surface area contributed by atoms with Crippen molar-refractivity contribution < 1.29 is 39.5 Å². The first-order chi connectivity index (χ1) is 21.6. The lowest BCUT2D eigenvalue weighted by Crippen LogP contribution is -2.45. The van der Waals surface area contributed by atoms with Gasteiger partial charge in [0.2, 0.25) is 5.82 Å². The second-order valence-corrected chi connectivity index (χ2v) is 23.7. The van der Waals surface area contributed by atoms with Gasteiger partial charge in [0, 0.05) is 30.8 Å². The minimum atomic E-state index is -4.51. The van der Waals surface area contributed by atoms with E-state index in [1.54, 1.807) is 0 Å². The van der Waals surface area contributed by atoms with Gasteiger partial charge in [-0.3, -0.25) is 0 Å². The number of rotatable bonds is 19. The van der Waals surface area contributed by atoms with Crippen molar-refractivity contribution in [3.05, 3.63) is 52.1 Å². The molecule has 0 saturated carbocycles. The van der Waals surface area contributed by atoms with Crippen LogP contribution in [0.15, 0.2) is 0 Å². The summed E-state index contributed by atoms with van der Waals surface area (Å²) in [7, 11) is -4.26. The van der Waals surface area contributed by atoms with Crippen molar-refractivity contribution >= 4 is 16.4 Å². The van der Waals surface area contributed by atoms with Crippen molar-refractivity contribution in [3.8, 4) is 16.9 Å². The van der Waals surface area contributed by atoms with E-state index >= 15 is 22.0 Å². The van der Waals surface area contributed by atoms with Gasteiger partial charge in [0.1, 0.15) is 0 Å². The van der Waals surface area contributed by atoms with Gasteiger partial charge in [0.15, 0.2) is 34.8 Å². The smallest absolute Gasteiger partial charge is 0.303 e. The number of halogens is 8. The molecule has 1 aliphatic carbocycles. The number of hydrogen-bond donors (Lipinski definition) is 0. The van der Waals surface area contributed by atoms with Gasteiger partial charge in [0.25, 0.3) is 8.32 Å². The topological polar surface area (TPSA) is 9.23 Å². The number of alkyl halides is 2. The van der Waals surface area contributed by atoms with Crippen molar-refractivity contribution in [2.45, 2.75) is 147 Å². The van der Waals surface area contributed by atoms with E-state index in [-0.39, 0.29) is 5.54 Å². The summed E-state index contributed by atoms with van der Waals surface area (Å²) < 4.78 is 127. The van der Waals surface area contributed by atoms with E-state index in [0.717, 1.165) is 44.9 Å². The summed E-state index contributed by atoms with van der Waals surface area (Å²) in [4.78, 5) is 0. The Labute approximate surface area is 271 Å². The van der Waals surface area contributed by atoms with Crippen molar-refractivity contribution in [3.63, 3.8) is 0 Å². The van der Waals surface area contributed by atoms with E-state index in [0.29, 0.717) is 24.9 Å². The fourth-order valence-electron chi connectivity index (χ4n) is 6.66. The molecular weight excluding hydrogens is 645 g/mol. The summed E-state index contributed by atoms with van der Waals surface area (Å²) >= 11 is 0. The SMILES string of the molecule is CCCCCC[Si](CCCCCCCC[Si](C)(CC)CC)(Oc1c(F)c(F)c2c(c1F)C(F)(F)c1[c]c(F)c(F)c(F)c1-2)C(C)C. The van der Waals surface area contributed by atoms with E-state index in [9.17, 15) is 13.2 Å². The summed E-state index contributed by atoms with van der Waals surface area (Å²) in [5.41, 5.74) is -6.39. The fourth-order valence-corrected chi connectivity index (χ4v) is 13.1. The molecule has 1 nitrogen and oxygen atoms in total. The standard InChI is InChI=1S/C35H49F8OSi2/c1-7-10-11-17-20-46(23(4)5,21-18-15-13-12-14-16-19-45(6,8-2)9-3)44-34-32(40)28-27(31(39)33(34)41)26-24(35(28,42)43)22-25(36)29(37)30(26)38/h23H,7-21H2,1-6H3. The molecule has 0 N–H and O–H groups in total. The number of benzene rings is 2. The number of unbranched alkanes of at least 4 members (excludes halogenated alkanes) is 8. The van der Waals surface area contributed by atoms with Crippen molar-refractivity contribution in [2.24, 2.45) is 0 Å². The van der Waals surface area contributed by atoms with Gasteiger partial charge in [-0.15, -0.1) is 0 Å². The van der Waals surface area contributed by atoms with Crippen LogP contribution in [-0.4, -0.2) is 16.4 Å². The van der Waals surface area contributed by atoms with Crippen molar-refractivity contribution in [1.29, 1.82) is 0 Å². The van der Waals surface area contributed by atoms with Crippen LogP contribution in [0.25, 0.3) is 11.1 Å². The number of fused-ring (bicyclic) bond motifs is 3. The molecular formula is C35H49F8OSi2. The first kappa shape index (κ1) is 38.6. The summed E-state index contributed by atoms with van der Waals surface area (Å²) in [5, 5.41) is 0. The lowest BCUT2D eigenvalue weighted by Gasteiger charge is -2.36. The quantitative estimate of drug-likeness (QED) is 0.0468. The first-order valence-electron chi connectivity index (χ1n) is 17.0. The Balaban J connectivity index is 1.89. The zero-order valence-corrected chi connectivity index (χ0v) is 30.1. The van der Waals surface area contributed by atoms with Gasteiger partial charge in [-0.1, -0.05) is 124 Å². The van der Waals surface area contributed by atoms with Crippen LogP contribution in [0.4, 0.5) is 35.1 Å². The normalized spacial score (nSPS) is 15.3. The van der Waals surface area contributed by atoms with Gasteiger partial charge >= 0.3 is 5.92 Å². The fraction of sp³-hybridized carbons (Fsp3) is 0.657. The molecule has 0 heterocycles. The van der Waals surface area contributed by atoms with Crippen molar-refractivity contribution in [2.75, 3.05) is 0 Å². The Hall–Kier alpha value is -1.89. The van der Waals surface area contributed by atoms with Crippen LogP contribution in [0.2, 0.25) is 42.3 Å². The molecule has 3 rings (SSSR count). The highest BCUT2D eigenvalue weighted by atomic mass is 28.4. The van der Waals surface area contributed by atoms with Gasteiger partial charge in [0.05, 0.1) is 5.56 Å². The van der Waals surface area contributed by atoms with Crippen molar-refractivity contribution in [1.82, 2.24) is 0 Å². The molecule has 0 spiro atoms. The summed E-state index contributed by atoms with van der Waals surface area (Å²) in [5.74, 6) is -18.0. The molecule has 1 atom stereocenters. The zero-order valence-electron chi connectivity index (χ0n) is 28.1. The highest BCUT2D eigenvalue weighted by Crippen LogP contribution is 2.56. The molecule has 1 unspecified atom stereocenters. The Morgan fingerprint density at radius 3 is 1.67 bits per heavy atom. The van der Waals surface area contributed by atoms with E-state index in [1.807, 2.05) is 20.8 Å². The highest BCUT2D eigenvalue weighted by Gasteiger charge is 2.54. The van der Waals surface area contributed by atoms with Gasteiger partial charge in [-0.2, -0.15) is 13.2 Å². The van der Waals surface area contributed by atoms with Crippen LogP contribution < -0.4 is 4.43 Å². The Bertz CT molecular complexity index is 1350. The molecule has 0 amide bonds. The molecule has 2 aromatic carbocycles. The summed E-state index contributed by atoms with van der Waals surface area (Å²) in [6.45, 7) is 12.8. The van der Waals surface area contributed by atoms with Crippen LogP contribution in [0.5, 0.6) is 5.75 Å². The molecule has 0 bridgehead atoms. The lowest BCUT2D eigenvalue weighted by atomic mass is 10.0. The molecule has 11 heteroatoms. The van der Waals surface area contributed by atoms with Gasteiger partial charge < -0.3 is 4.43 Å². The third-order valence-corrected chi connectivity index (χ3v) is 20.5.